The molecule has 16 nitrogen and oxygen atoms in total. The van der Waals surface area contributed by atoms with Crippen LogP contribution in [0.2, 0.25) is 0 Å². The largest absolute Gasteiger partial charge is 0.480 e. The fourth-order valence-electron chi connectivity index (χ4n) is 3.15. The number of aliphatic carboxylic acids is 1. The topological polar surface area (TPSA) is 193 Å². The third kappa shape index (κ3) is 10.1. The van der Waals surface area contributed by atoms with Gasteiger partial charge in [0.2, 0.25) is 5.95 Å². The Bertz CT molecular complexity index is 1350. The Labute approximate surface area is 249 Å². The van der Waals surface area contributed by atoms with Crippen molar-refractivity contribution in [1.29, 1.82) is 0 Å². The number of carbonyl (C=O) groups excluding carboxylic acids is 4. The molecule has 0 spiro atoms. The molecule has 0 aliphatic carbocycles. The molecule has 0 aliphatic rings. The van der Waals surface area contributed by atoms with Gasteiger partial charge in [0.1, 0.15) is 28.9 Å². The van der Waals surface area contributed by atoms with Crippen LogP contribution in [-0.4, -0.2) is 77.4 Å². The summed E-state index contributed by atoms with van der Waals surface area (Å²) in [6, 6.07) is 0. The van der Waals surface area contributed by atoms with Crippen molar-refractivity contribution < 1.29 is 48.0 Å². The van der Waals surface area contributed by atoms with Crippen LogP contribution >= 0.6 is 0 Å². The van der Waals surface area contributed by atoms with Gasteiger partial charge in [-0.1, -0.05) is 0 Å². The average molecular weight is 609 g/mol. The lowest BCUT2D eigenvalue weighted by Gasteiger charge is -2.29. The second kappa shape index (κ2) is 12.0. The molecule has 4 amide bonds. The van der Waals surface area contributed by atoms with Gasteiger partial charge in [-0.2, -0.15) is 14.9 Å². The third-order valence-electron chi connectivity index (χ3n) is 4.46. The van der Waals surface area contributed by atoms with Crippen molar-refractivity contribution in [3.8, 4) is 0 Å². The molecule has 0 radical (unpaired) electrons. The van der Waals surface area contributed by atoms with E-state index in [1.54, 1.807) is 83.1 Å². The molecule has 2 aromatic rings. The summed E-state index contributed by atoms with van der Waals surface area (Å²) in [6.07, 6.45) is -3.90. The van der Waals surface area contributed by atoms with Crippen LogP contribution in [0, 0.1) is 0 Å². The minimum atomic E-state index is -1.28. The van der Waals surface area contributed by atoms with Gasteiger partial charge in [0, 0.05) is 0 Å². The molecule has 0 saturated carbocycles. The van der Waals surface area contributed by atoms with Gasteiger partial charge in [0.05, 0.1) is 6.33 Å². The standard InChI is InChI=1S/C27H40N6O10/c1-24(2,3)40-20(36)32(21(37)41-25(4,5)6)18-16-17(31(14-28-16)13-15(34)35)29-19(30-18)33(22(38)42-26(7,8)9)23(39)43-27(10,11)12/h14H,13H2,1-12H3,(H,34,35). The lowest BCUT2D eigenvalue weighted by molar-refractivity contribution is -0.137. The zero-order chi connectivity index (χ0) is 33.3. The van der Waals surface area contributed by atoms with Crippen LogP contribution in [0.5, 0.6) is 0 Å². The van der Waals surface area contributed by atoms with Gasteiger partial charge in [-0.05, 0) is 83.1 Å². The number of aromatic nitrogens is 4. The number of imide groups is 2. The number of fused-ring (bicyclic) bond motifs is 1. The van der Waals surface area contributed by atoms with Gasteiger partial charge >= 0.3 is 30.3 Å². The second-order valence-corrected chi connectivity index (χ2v) is 13.4. The Morgan fingerprint density at radius 3 is 1.40 bits per heavy atom. The summed E-state index contributed by atoms with van der Waals surface area (Å²) < 4.78 is 22.7. The zero-order valence-corrected chi connectivity index (χ0v) is 26.6. The first-order chi connectivity index (χ1) is 19.3. The van der Waals surface area contributed by atoms with E-state index < -0.39 is 71.1 Å². The number of nitrogens with zero attached hydrogens (tertiary/aromatic N) is 6. The van der Waals surface area contributed by atoms with E-state index >= 15 is 0 Å². The first kappa shape index (κ1) is 34.7. The summed E-state index contributed by atoms with van der Waals surface area (Å²) in [7, 11) is 0. The number of rotatable bonds is 4. The van der Waals surface area contributed by atoms with Crippen molar-refractivity contribution in [2.45, 2.75) is 112 Å². The molecule has 2 heterocycles. The van der Waals surface area contributed by atoms with Crippen LogP contribution < -0.4 is 9.80 Å². The molecule has 43 heavy (non-hydrogen) atoms. The highest BCUT2D eigenvalue weighted by Crippen LogP contribution is 2.30. The molecule has 16 heteroatoms. The van der Waals surface area contributed by atoms with E-state index in [-0.39, 0.29) is 11.2 Å². The highest BCUT2D eigenvalue weighted by molar-refractivity contribution is 6.14. The smallest absolute Gasteiger partial charge is 0.427 e. The molecule has 0 fully saturated rings. The Morgan fingerprint density at radius 1 is 0.674 bits per heavy atom. The summed E-state index contributed by atoms with van der Waals surface area (Å²) in [6.45, 7) is 18.1. The lowest BCUT2D eigenvalue weighted by Crippen LogP contribution is -2.46. The van der Waals surface area contributed by atoms with Gasteiger partial charge in [-0.25, -0.2) is 24.2 Å². The van der Waals surface area contributed by atoms with E-state index in [0.29, 0.717) is 9.80 Å². The summed E-state index contributed by atoms with van der Waals surface area (Å²) in [5.41, 5.74) is -4.85. The predicted molar refractivity (Wildman–Crippen MR) is 153 cm³/mol. The van der Waals surface area contributed by atoms with E-state index in [9.17, 15) is 29.1 Å². The summed E-state index contributed by atoms with van der Waals surface area (Å²) >= 11 is 0. The summed E-state index contributed by atoms with van der Waals surface area (Å²) in [5.74, 6) is -2.56. The number of amides is 4. The highest BCUT2D eigenvalue weighted by atomic mass is 16.6. The summed E-state index contributed by atoms with van der Waals surface area (Å²) in [5, 5.41) is 9.46. The van der Waals surface area contributed by atoms with Gasteiger partial charge < -0.3 is 28.6 Å². The minimum absolute atomic E-state index is 0.241. The van der Waals surface area contributed by atoms with Crippen molar-refractivity contribution in [3.05, 3.63) is 6.33 Å². The summed E-state index contributed by atoms with van der Waals surface area (Å²) in [4.78, 5) is 78.6. The fourth-order valence-corrected chi connectivity index (χ4v) is 3.15. The van der Waals surface area contributed by atoms with E-state index in [2.05, 4.69) is 15.0 Å². The maximum Gasteiger partial charge on any atom is 0.427 e. The number of hydrogen-bond donors (Lipinski definition) is 1. The Hall–Kier alpha value is -4.50. The molecular weight excluding hydrogens is 568 g/mol. The molecular formula is C27H40N6O10. The normalized spacial score (nSPS) is 12.4. The fraction of sp³-hybridized carbons (Fsp3) is 0.630. The molecule has 0 unspecified atom stereocenters. The number of carbonyl (C=O) groups is 5. The van der Waals surface area contributed by atoms with Crippen LogP contribution in [0.15, 0.2) is 6.33 Å². The van der Waals surface area contributed by atoms with Gasteiger partial charge in [0.15, 0.2) is 17.0 Å². The maximum atomic E-state index is 13.5. The van der Waals surface area contributed by atoms with Gasteiger partial charge in [-0.15, -0.1) is 4.90 Å². The number of imidazole rings is 1. The number of carboxylic acid groups (broad SMARTS) is 1. The van der Waals surface area contributed by atoms with Gasteiger partial charge in [-0.3, -0.25) is 4.79 Å². The monoisotopic (exact) mass is 608 g/mol. The van der Waals surface area contributed by atoms with Gasteiger partial charge in [0.25, 0.3) is 0 Å². The molecule has 2 aromatic heterocycles. The van der Waals surface area contributed by atoms with Crippen molar-refractivity contribution in [3.63, 3.8) is 0 Å². The second-order valence-electron chi connectivity index (χ2n) is 13.4. The van der Waals surface area contributed by atoms with Crippen molar-refractivity contribution in [2.75, 3.05) is 9.80 Å². The highest BCUT2D eigenvalue weighted by Gasteiger charge is 2.40. The van der Waals surface area contributed by atoms with Crippen molar-refractivity contribution in [2.24, 2.45) is 0 Å². The molecule has 1 N–H and O–H groups in total. The molecule has 0 atom stereocenters. The van der Waals surface area contributed by atoms with Crippen LogP contribution in [0.3, 0.4) is 0 Å². The van der Waals surface area contributed by atoms with Crippen LogP contribution in [0.1, 0.15) is 83.1 Å². The number of anilines is 2. The first-order valence-electron chi connectivity index (χ1n) is 13.2. The quantitative estimate of drug-likeness (QED) is 0.442. The van der Waals surface area contributed by atoms with Crippen LogP contribution in [0.4, 0.5) is 30.9 Å². The predicted octanol–water partition coefficient (Wildman–Crippen LogP) is 5.26. The molecule has 2 rings (SSSR count). The van der Waals surface area contributed by atoms with Crippen molar-refractivity contribution >= 4 is 53.3 Å². The molecule has 238 valence electrons. The average Bonchev–Trinajstić information content (AvgIpc) is 3.10. The zero-order valence-electron chi connectivity index (χ0n) is 26.6. The molecule has 0 aromatic carbocycles. The van der Waals surface area contributed by atoms with E-state index in [0.717, 1.165) is 10.9 Å². The molecule has 0 aliphatic heterocycles. The number of hydrogen-bond acceptors (Lipinski definition) is 12. The Kier molecular flexibility index (Phi) is 9.69. The number of ether oxygens (including phenoxy) is 4. The van der Waals surface area contributed by atoms with E-state index in [1.165, 1.54) is 0 Å². The Morgan fingerprint density at radius 2 is 1.05 bits per heavy atom. The SMILES string of the molecule is CC(C)(C)OC(=O)N(C(=O)OC(C)(C)C)c1nc(N(C(=O)OC(C)(C)C)C(=O)OC(C)(C)C)c2ncn(CC(=O)O)c2n1. The molecule has 0 saturated heterocycles. The van der Waals surface area contributed by atoms with E-state index in [1.807, 2.05) is 0 Å². The Balaban J connectivity index is 2.99. The first-order valence-corrected chi connectivity index (χ1v) is 13.2. The molecule has 0 bridgehead atoms. The van der Waals surface area contributed by atoms with Crippen LogP contribution in [-0.2, 0) is 30.3 Å². The number of carboxylic acids is 1. The van der Waals surface area contributed by atoms with E-state index in [4.69, 9.17) is 18.9 Å². The minimum Gasteiger partial charge on any atom is -0.480 e. The lowest BCUT2D eigenvalue weighted by atomic mass is 10.2. The van der Waals surface area contributed by atoms with Crippen LogP contribution in [0.25, 0.3) is 11.2 Å². The van der Waals surface area contributed by atoms with Crippen molar-refractivity contribution in [1.82, 2.24) is 19.5 Å². The third-order valence-corrected chi connectivity index (χ3v) is 4.46. The maximum absolute atomic E-state index is 13.5.